The predicted octanol–water partition coefficient (Wildman–Crippen LogP) is 0.925. The third kappa shape index (κ3) is 2.58. The van der Waals surface area contributed by atoms with Gasteiger partial charge < -0.3 is 16.2 Å². The van der Waals surface area contributed by atoms with Crippen LogP contribution in [0.3, 0.4) is 0 Å². The van der Waals surface area contributed by atoms with Crippen LogP contribution in [-0.2, 0) is 0 Å². The van der Waals surface area contributed by atoms with E-state index in [0.717, 1.165) is 19.3 Å². The van der Waals surface area contributed by atoms with Crippen molar-refractivity contribution < 1.29 is 9.90 Å². The van der Waals surface area contributed by atoms with Crippen molar-refractivity contribution in [3.05, 3.63) is 10.6 Å². The van der Waals surface area contributed by atoms with Crippen molar-refractivity contribution in [3.8, 4) is 0 Å². The summed E-state index contributed by atoms with van der Waals surface area (Å²) in [6.07, 6.45) is 2.97. The number of hydrogen-bond donors (Lipinski definition) is 3. The number of nitrogens with one attached hydrogen (secondary N) is 1. The highest BCUT2D eigenvalue weighted by Gasteiger charge is 2.29. The Balaban J connectivity index is 2.04. The number of nitrogens with two attached hydrogens (primary N) is 1. The normalized spacial score (nSPS) is 23.9. The second-order valence-corrected chi connectivity index (χ2v) is 5.45. The van der Waals surface area contributed by atoms with Gasteiger partial charge in [0.25, 0.3) is 5.91 Å². The van der Waals surface area contributed by atoms with Gasteiger partial charge in [-0.15, -0.1) is 0 Å². The molecule has 94 valence electrons. The van der Waals surface area contributed by atoms with E-state index in [9.17, 15) is 9.90 Å². The molecule has 1 heterocycles. The van der Waals surface area contributed by atoms with Crippen LogP contribution in [0.4, 0.5) is 5.13 Å². The third-order valence-electron chi connectivity index (χ3n) is 3.23. The number of aryl methyl sites for hydroxylation is 1. The molecule has 1 aromatic heterocycles. The van der Waals surface area contributed by atoms with E-state index in [0.29, 0.717) is 15.7 Å². The van der Waals surface area contributed by atoms with Crippen molar-refractivity contribution >= 4 is 22.4 Å². The van der Waals surface area contributed by atoms with Crippen LogP contribution < -0.4 is 11.1 Å². The standard InChI is InChI=1S/C11H17N3O2S/c1-6-9(17-11(12)13-6)10(16)14-8-4-2-3-7(8)5-15/h7-8,15H,2-5H2,1H3,(H2,12,13)(H,14,16). The summed E-state index contributed by atoms with van der Waals surface area (Å²) in [5, 5.41) is 12.6. The van der Waals surface area contributed by atoms with Gasteiger partial charge in [0.15, 0.2) is 5.13 Å². The average molecular weight is 255 g/mol. The van der Waals surface area contributed by atoms with Crippen molar-refractivity contribution in [2.24, 2.45) is 5.92 Å². The van der Waals surface area contributed by atoms with Crippen LogP contribution in [0.5, 0.6) is 0 Å². The minimum Gasteiger partial charge on any atom is -0.396 e. The van der Waals surface area contributed by atoms with E-state index in [2.05, 4.69) is 10.3 Å². The number of thiazole rings is 1. The Hall–Kier alpha value is -1.14. The zero-order chi connectivity index (χ0) is 12.4. The third-order valence-corrected chi connectivity index (χ3v) is 4.21. The Morgan fingerprint density at radius 2 is 2.41 bits per heavy atom. The summed E-state index contributed by atoms with van der Waals surface area (Å²) in [6.45, 7) is 1.91. The molecular formula is C11H17N3O2S. The molecule has 5 nitrogen and oxygen atoms in total. The quantitative estimate of drug-likeness (QED) is 0.749. The van der Waals surface area contributed by atoms with E-state index >= 15 is 0 Å². The highest BCUT2D eigenvalue weighted by Crippen LogP contribution is 2.26. The molecule has 0 aliphatic heterocycles. The number of aromatic nitrogens is 1. The molecule has 1 aromatic rings. The number of aliphatic hydroxyl groups is 1. The minimum atomic E-state index is -0.123. The van der Waals surface area contributed by atoms with Gasteiger partial charge in [-0.2, -0.15) is 0 Å². The molecule has 4 N–H and O–H groups in total. The maximum absolute atomic E-state index is 12.0. The largest absolute Gasteiger partial charge is 0.396 e. The number of rotatable bonds is 3. The van der Waals surface area contributed by atoms with Crippen LogP contribution in [0.1, 0.15) is 34.6 Å². The van der Waals surface area contributed by atoms with Gasteiger partial charge in [-0.3, -0.25) is 4.79 Å². The first-order valence-electron chi connectivity index (χ1n) is 5.76. The monoisotopic (exact) mass is 255 g/mol. The molecule has 0 radical (unpaired) electrons. The first kappa shape index (κ1) is 12.3. The number of carbonyl (C=O) groups is 1. The Kier molecular flexibility index (Phi) is 3.63. The number of amides is 1. The van der Waals surface area contributed by atoms with Gasteiger partial charge in [0, 0.05) is 18.6 Å². The molecule has 0 aromatic carbocycles. The Bertz CT molecular complexity index is 419. The first-order valence-corrected chi connectivity index (χ1v) is 6.58. The molecule has 2 rings (SSSR count). The van der Waals surface area contributed by atoms with Crippen LogP contribution in [0.25, 0.3) is 0 Å². The lowest BCUT2D eigenvalue weighted by Crippen LogP contribution is -2.38. The summed E-state index contributed by atoms with van der Waals surface area (Å²) in [4.78, 5) is 16.6. The van der Waals surface area contributed by atoms with Crippen molar-refractivity contribution in [1.29, 1.82) is 0 Å². The Morgan fingerprint density at radius 1 is 1.65 bits per heavy atom. The number of carbonyl (C=O) groups excluding carboxylic acids is 1. The molecule has 0 saturated heterocycles. The summed E-state index contributed by atoms with van der Waals surface area (Å²) < 4.78 is 0. The molecule has 0 bridgehead atoms. The van der Waals surface area contributed by atoms with Gasteiger partial charge in [0.1, 0.15) is 4.88 Å². The van der Waals surface area contributed by atoms with Crippen molar-refractivity contribution in [2.45, 2.75) is 32.2 Å². The molecule has 1 saturated carbocycles. The number of nitrogens with zero attached hydrogens (tertiary/aromatic N) is 1. The minimum absolute atomic E-state index is 0.0789. The lowest BCUT2D eigenvalue weighted by atomic mass is 10.1. The van der Waals surface area contributed by atoms with Crippen LogP contribution in [0.15, 0.2) is 0 Å². The van der Waals surface area contributed by atoms with Crippen LogP contribution in [0, 0.1) is 12.8 Å². The van der Waals surface area contributed by atoms with Gasteiger partial charge in [0.05, 0.1) is 5.69 Å². The molecule has 17 heavy (non-hydrogen) atoms. The van der Waals surface area contributed by atoms with Crippen molar-refractivity contribution in [2.75, 3.05) is 12.3 Å². The molecule has 6 heteroatoms. The van der Waals surface area contributed by atoms with Crippen LogP contribution >= 0.6 is 11.3 Å². The lowest BCUT2D eigenvalue weighted by Gasteiger charge is -2.18. The molecule has 2 atom stereocenters. The maximum Gasteiger partial charge on any atom is 0.263 e. The molecule has 1 amide bonds. The number of anilines is 1. The molecule has 1 aliphatic carbocycles. The summed E-state index contributed by atoms with van der Waals surface area (Å²) >= 11 is 1.21. The second kappa shape index (κ2) is 5.01. The van der Waals surface area contributed by atoms with E-state index in [-0.39, 0.29) is 24.5 Å². The number of aliphatic hydroxyl groups excluding tert-OH is 1. The van der Waals surface area contributed by atoms with E-state index in [1.165, 1.54) is 11.3 Å². The van der Waals surface area contributed by atoms with Crippen LogP contribution in [0.2, 0.25) is 0 Å². The highest BCUT2D eigenvalue weighted by molar-refractivity contribution is 7.17. The zero-order valence-electron chi connectivity index (χ0n) is 9.77. The molecule has 0 spiro atoms. The molecule has 1 aliphatic rings. The van der Waals surface area contributed by atoms with Crippen molar-refractivity contribution in [3.63, 3.8) is 0 Å². The van der Waals surface area contributed by atoms with E-state index in [1.54, 1.807) is 6.92 Å². The highest BCUT2D eigenvalue weighted by atomic mass is 32.1. The smallest absolute Gasteiger partial charge is 0.263 e. The van der Waals surface area contributed by atoms with Gasteiger partial charge in [-0.1, -0.05) is 17.8 Å². The van der Waals surface area contributed by atoms with Gasteiger partial charge in [-0.05, 0) is 19.8 Å². The summed E-state index contributed by atoms with van der Waals surface area (Å²) in [7, 11) is 0. The van der Waals surface area contributed by atoms with Gasteiger partial charge in [0.2, 0.25) is 0 Å². The average Bonchev–Trinajstić information content (AvgIpc) is 2.84. The molecular weight excluding hydrogens is 238 g/mol. The van der Waals surface area contributed by atoms with E-state index in [4.69, 9.17) is 5.73 Å². The fourth-order valence-electron chi connectivity index (χ4n) is 2.31. The fourth-order valence-corrected chi connectivity index (χ4v) is 3.04. The Labute approximate surface area is 104 Å². The second-order valence-electron chi connectivity index (χ2n) is 4.42. The number of hydrogen-bond acceptors (Lipinski definition) is 5. The fraction of sp³-hybridized carbons (Fsp3) is 0.636. The summed E-state index contributed by atoms with van der Waals surface area (Å²) in [6, 6.07) is 0.0789. The summed E-state index contributed by atoms with van der Waals surface area (Å²) in [5.74, 6) is 0.0616. The first-order chi connectivity index (χ1) is 8.11. The predicted molar refractivity (Wildman–Crippen MR) is 66.9 cm³/mol. The topological polar surface area (TPSA) is 88.2 Å². The zero-order valence-corrected chi connectivity index (χ0v) is 10.6. The molecule has 1 fully saturated rings. The summed E-state index contributed by atoms with van der Waals surface area (Å²) in [5.41, 5.74) is 6.24. The van der Waals surface area contributed by atoms with Crippen molar-refractivity contribution in [1.82, 2.24) is 10.3 Å². The number of nitrogen functional groups attached to an aromatic ring is 1. The Morgan fingerprint density at radius 3 is 3.00 bits per heavy atom. The SMILES string of the molecule is Cc1nc(N)sc1C(=O)NC1CCCC1CO. The van der Waals surface area contributed by atoms with Crippen LogP contribution in [-0.4, -0.2) is 28.6 Å². The lowest BCUT2D eigenvalue weighted by molar-refractivity contribution is 0.0919. The van der Waals surface area contributed by atoms with Gasteiger partial charge in [-0.25, -0.2) is 4.98 Å². The van der Waals surface area contributed by atoms with E-state index in [1.807, 2.05) is 0 Å². The van der Waals surface area contributed by atoms with Gasteiger partial charge >= 0.3 is 0 Å². The van der Waals surface area contributed by atoms with E-state index < -0.39 is 0 Å². The molecule has 2 unspecified atom stereocenters. The maximum atomic E-state index is 12.0.